The lowest BCUT2D eigenvalue weighted by molar-refractivity contribution is 0.0455. The molecule has 1 rings (SSSR count). The summed E-state index contributed by atoms with van der Waals surface area (Å²) < 4.78 is 0. The first kappa shape index (κ1) is 15.5. The second kappa shape index (κ2) is 6.06. The Morgan fingerprint density at radius 3 is 2.39 bits per heavy atom. The smallest absolute Gasteiger partial charge is 0.0672 e. The fraction of sp³-hybridized carbons (Fsp3) is 0.938. The molecule has 4 atom stereocenters. The molecule has 0 N–H and O–H groups in total. The third-order valence-corrected chi connectivity index (χ3v) is 5.06. The Morgan fingerprint density at radius 1 is 1.33 bits per heavy atom. The number of hydrogen-bond acceptors (Lipinski definition) is 2. The molecular formula is C16H30N2. The number of hydrogen-bond donors (Lipinski definition) is 0. The van der Waals surface area contributed by atoms with Crippen molar-refractivity contribution in [3.63, 3.8) is 0 Å². The van der Waals surface area contributed by atoms with Gasteiger partial charge in [-0.15, -0.1) is 0 Å². The zero-order valence-corrected chi connectivity index (χ0v) is 13.0. The van der Waals surface area contributed by atoms with Crippen LogP contribution in [0.15, 0.2) is 0 Å². The Bertz CT molecular complexity index is 297. The molecule has 0 heterocycles. The van der Waals surface area contributed by atoms with Crippen molar-refractivity contribution < 1.29 is 0 Å². The minimum absolute atomic E-state index is 0.225. The van der Waals surface area contributed by atoms with Crippen molar-refractivity contribution >= 4 is 0 Å². The van der Waals surface area contributed by atoms with Gasteiger partial charge < -0.3 is 0 Å². The van der Waals surface area contributed by atoms with E-state index in [1.54, 1.807) is 0 Å². The first-order valence-electron chi connectivity index (χ1n) is 7.42. The van der Waals surface area contributed by atoms with Crippen molar-refractivity contribution in [3.05, 3.63) is 0 Å². The summed E-state index contributed by atoms with van der Waals surface area (Å²) in [6.45, 7) is 11.4. The van der Waals surface area contributed by atoms with Crippen LogP contribution in [0.4, 0.5) is 0 Å². The van der Waals surface area contributed by atoms with Gasteiger partial charge >= 0.3 is 0 Å². The van der Waals surface area contributed by atoms with Crippen LogP contribution in [0.1, 0.15) is 60.3 Å². The maximum atomic E-state index is 9.38. The van der Waals surface area contributed by atoms with Crippen LogP contribution in [0.3, 0.4) is 0 Å². The minimum Gasteiger partial charge on any atom is -0.299 e. The Hall–Kier alpha value is -0.550. The Labute approximate surface area is 113 Å². The third kappa shape index (κ3) is 3.48. The minimum atomic E-state index is 0.225. The summed E-state index contributed by atoms with van der Waals surface area (Å²) >= 11 is 0. The molecule has 0 aromatic heterocycles. The van der Waals surface area contributed by atoms with Crippen LogP contribution in [0.25, 0.3) is 0 Å². The molecule has 104 valence electrons. The van der Waals surface area contributed by atoms with Gasteiger partial charge in [0.1, 0.15) is 0 Å². The van der Waals surface area contributed by atoms with Crippen LogP contribution < -0.4 is 0 Å². The van der Waals surface area contributed by atoms with Crippen LogP contribution in [-0.4, -0.2) is 24.0 Å². The number of rotatable bonds is 3. The van der Waals surface area contributed by atoms with E-state index in [0.717, 1.165) is 12.3 Å². The molecule has 2 heteroatoms. The van der Waals surface area contributed by atoms with Gasteiger partial charge in [-0.2, -0.15) is 5.26 Å². The first-order valence-corrected chi connectivity index (χ1v) is 7.42. The second-order valence-corrected chi connectivity index (χ2v) is 7.10. The monoisotopic (exact) mass is 250 g/mol. The third-order valence-electron chi connectivity index (χ3n) is 5.06. The van der Waals surface area contributed by atoms with Gasteiger partial charge in [-0.1, -0.05) is 34.1 Å². The van der Waals surface area contributed by atoms with Gasteiger partial charge in [0.25, 0.3) is 0 Å². The zero-order chi connectivity index (χ0) is 13.9. The van der Waals surface area contributed by atoms with E-state index in [-0.39, 0.29) is 11.3 Å². The molecule has 0 saturated heterocycles. The zero-order valence-electron chi connectivity index (χ0n) is 13.0. The first-order chi connectivity index (χ1) is 8.31. The summed E-state index contributed by atoms with van der Waals surface area (Å²) in [4.78, 5) is 2.47. The summed E-state index contributed by atoms with van der Waals surface area (Å²) in [6.07, 6.45) is 4.78. The second-order valence-electron chi connectivity index (χ2n) is 7.10. The number of nitrogens with zero attached hydrogens (tertiary/aromatic N) is 2. The van der Waals surface area contributed by atoms with Crippen molar-refractivity contribution in [2.75, 3.05) is 7.05 Å². The van der Waals surface area contributed by atoms with E-state index in [1.807, 2.05) is 0 Å². The summed E-state index contributed by atoms with van der Waals surface area (Å²) in [7, 11) is 2.21. The van der Waals surface area contributed by atoms with Gasteiger partial charge in [-0.05, 0) is 44.6 Å². The Morgan fingerprint density at radius 2 is 1.94 bits per heavy atom. The van der Waals surface area contributed by atoms with Gasteiger partial charge in [0.2, 0.25) is 0 Å². The maximum Gasteiger partial charge on any atom is 0.0672 e. The highest BCUT2D eigenvalue weighted by molar-refractivity contribution is 4.98. The highest BCUT2D eigenvalue weighted by Crippen LogP contribution is 2.36. The van der Waals surface area contributed by atoms with Gasteiger partial charge in [0, 0.05) is 12.1 Å². The van der Waals surface area contributed by atoms with E-state index in [4.69, 9.17) is 0 Å². The van der Waals surface area contributed by atoms with Crippen LogP contribution in [0.2, 0.25) is 0 Å². The normalized spacial score (nSPS) is 31.1. The quantitative estimate of drug-likeness (QED) is 0.755. The standard InChI is InChI=1S/C16H30N2/c1-7-13-8-9-14(11-17)15(10-13)18(6)12(2)16(3,4)5/h12-15H,7-10H2,1-6H3. The molecule has 4 unspecified atom stereocenters. The molecule has 0 aliphatic heterocycles. The van der Waals surface area contributed by atoms with Crippen LogP contribution >= 0.6 is 0 Å². The van der Waals surface area contributed by atoms with Crippen LogP contribution in [0.5, 0.6) is 0 Å². The topological polar surface area (TPSA) is 27.0 Å². The highest BCUT2D eigenvalue weighted by atomic mass is 15.2. The number of nitriles is 1. The largest absolute Gasteiger partial charge is 0.299 e. The summed E-state index contributed by atoms with van der Waals surface area (Å²) in [5, 5.41) is 9.38. The average molecular weight is 250 g/mol. The van der Waals surface area contributed by atoms with Crippen molar-refractivity contribution in [2.24, 2.45) is 17.3 Å². The SMILES string of the molecule is CCC1CCC(C#N)C(N(C)C(C)C(C)(C)C)C1. The van der Waals surface area contributed by atoms with Crippen LogP contribution in [0, 0.1) is 28.6 Å². The molecule has 1 fully saturated rings. The van der Waals surface area contributed by atoms with Gasteiger partial charge in [-0.25, -0.2) is 0 Å². The van der Waals surface area contributed by atoms with E-state index in [9.17, 15) is 5.26 Å². The van der Waals surface area contributed by atoms with Crippen LogP contribution in [-0.2, 0) is 0 Å². The van der Waals surface area contributed by atoms with Gasteiger partial charge in [-0.3, -0.25) is 4.90 Å². The molecule has 0 amide bonds. The van der Waals surface area contributed by atoms with E-state index >= 15 is 0 Å². The molecule has 1 aliphatic rings. The van der Waals surface area contributed by atoms with E-state index in [0.29, 0.717) is 12.1 Å². The molecule has 2 nitrogen and oxygen atoms in total. The van der Waals surface area contributed by atoms with E-state index < -0.39 is 0 Å². The lowest BCUT2D eigenvalue weighted by atomic mass is 9.75. The molecule has 0 radical (unpaired) electrons. The maximum absolute atomic E-state index is 9.38. The lowest BCUT2D eigenvalue weighted by Gasteiger charge is -2.45. The summed E-state index contributed by atoms with van der Waals surface area (Å²) in [6, 6.07) is 3.50. The fourth-order valence-corrected chi connectivity index (χ4v) is 3.10. The molecule has 0 bridgehead atoms. The van der Waals surface area contributed by atoms with E-state index in [2.05, 4.69) is 52.6 Å². The summed E-state index contributed by atoms with van der Waals surface area (Å²) in [5.41, 5.74) is 0.272. The molecule has 0 aromatic carbocycles. The van der Waals surface area contributed by atoms with Crippen molar-refractivity contribution in [1.29, 1.82) is 5.26 Å². The molecule has 0 aromatic rings. The fourth-order valence-electron chi connectivity index (χ4n) is 3.10. The van der Waals surface area contributed by atoms with Gasteiger partial charge in [0.05, 0.1) is 12.0 Å². The highest BCUT2D eigenvalue weighted by Gasteiger charge is 2.36. The lowest BCUT2D eigenvalue weighted by Crippen LogP contribution is -2.50. The van der Waals surface area contributed by atoms with Crippen molar-refractivity contribution in [1.82, 2.24) is 4.90 Å². The Balaban J connectivity index is 2.79. The summed E-state index contributed by atoms with van der Waals surface area (Å²) in [5.74, 6) is 1.04. The van der Waals surface area contributed by atoms with E-state index in [1.165, 1.54) is 19.3 Å². The van der Waals surface area contributed by atoms with Crippen molar-refractivity contribution in [2.45, 2.75) is 72.4 Å². The van der Waals surface area contributed by atoms with Gasteiger partial charge in [0.15, 0.2) is 0 Å². The van der Waals surface area contributed by atoms with Crippen molar-refractivity contribution in [3.8, 4) is 6.07 Å². The molecule has 18 heavy (non-hydrogen) atoms. The molecule has 1 aliphatic carbocycles. The predicted molar refractivity (Wildman–Crippen MR) is 77.2 cm³/mol. The molecule has 1 saturated carbocycles. The predicted octanol–water partition coefficient (Wildman–Crippen LogP) is 4.07. The Kier molecular flexibility index (Phi) is 5.22. The molecule has 0 spiro atoms. The molecular weight excluding hydrogens is 220 g/mol. The average Bonchev–Trinajstić information content (AvgIpc) is 2.35.